The zero-order chi connectivity index (χ0) is 34.0. The molecule has 0 aliphatic heterocycles. The van der Waals surface area contributed by atoms with E-state index in [4.69, 9.17) is 4.74 Å². The van der Waals surface area contributed by atoms with Crippen LogP contribution >= 0.6 is 0 Å². The van der Waals surface area contributed by atoms with Gasteiger partial charge in [0.1, 0.15) is 18.3 Å². The molecule has 0 saturated heterocycles. The average molecular weight is 656 g/mol. The fourth-order valence-corrected chi connectivity index (χ4v) is 6.58. The van der Waals surface area contributed by atoms with Gasteiger partial charge in [0.15, 0.2) is 0 Å². The molecule has 8 nitrogen and oxygen atoms in total. The zero-order valence-electron chi connectivity index (χ0n) is 27.8. The number of rotatable bonds is 15. The summed E-state index contributed by atoms with van der Waals surface area (Å²) in [6, 6.07) is 29.7. The molecule has 0 aliphatic carbocycles. The number of sulfonamides is 1. The van der Waals surface area contributed by atoms with Gasteiger partial charge in [-0.3, -0.25) is 13.9 Å². The van der Waals surface area contributed by atoms with Crippen molar-refractivity contribution in [1.29, 1.82) is 0 Å². The number of nitrogens with one attached hydrogen (secondary N) is 1. The number of amides is 2. The predicted molar refractivity (Wildman–Crippen MR) is 187 cm³/mol. The van der Waals surface area contributed by atoms with E-state index in [2.05, 4.69) is 5.32 Å². The maximum absolute atomic E-state index is 14.7. The number of anilines is 1. The molecule has 0 saturated carbocycles. The van der Waals surface area contributed by atoms with Crippen LogP contribution in [0.2, 0.25) is 0 Å². The molecule has 0 radical (unpaired) electrons. The molecule has 0 bridgehead atoms. The first-order valence-corrected chi connectivity index (χ1v) is 17.4. The normalized spacial score (nSPS) is 12.0. The first-order chi connectivity index (χ1) is 22.5. The largest absolute Gasteiger partial charge is 0.492 e. The second-order valence-corrected chi connectivity index (χ2v) is 13.9. The quantitative estimate of drug-likeness (QED) is 0.162. The Balaban J connectivity index is 1.83. The number of carbonyl (C=O) groups is 2. The van der Waals surface area contributed by atoms with E-state index in [0.717, 1.165) is 26.6 Å². The Morgan fingerprint density at radius 3 is 2.00 bits per heavy atom. The Labute approximate surface area is 279 Å². The van der Waals surface area contributed by atoms with Gasteiger partial charge in [0.05, 0.1) is 17.2 Å². The first-order valence-electron chi connectivity index (χ1n) is 16.0. The lowest BCUT2D eigenvalue weighted by Crippen LogP contribution is -2.53. The highest BCUT2D eigenvalue weighted by atomic mass is 32.2. The highest BCUT2D eigenvalue weighted by Crippen LogP contribution is 2.33. The van der Waals surface area contributed by atoms with Crippen LogP contribution in [0, 0.1) is 19.8 Å². The van der Waals surface area contributed by atoms with Crippen molar-refractivity contribution in [3.8, 4) is 5.75 Å². The van der Waals surface area contributed by atoms with Crippen molar-refractivity contribution in [3.63, 3.8) is 0 Å². The highest BCUT2D eigenvalue weighted by molar-refractivity contribution is 7.92. The molecule has 0 heterocycles. The van der Waals surface area contributed by atoms with Crippen LogP contribution in [0.3, 0.4) is 0 Å². The number of hydrogen-bond donors (Lipinski definition) is 1. The van der Waals surface area contributed by atoms with Crippen molar-refractivity contribution in [2.75, 3.05) is 24.0 Å². The molecule has 248 valence electrons. The number of benzene rings is 4. The van der Waals surface area contributed by atoms with Crippen molar-refractivity contribution >= 4 is 27.5 Å². The molecule has 4 aromatic carbocycles. The molecule has 2 amide bonds. The van der Waals surface area contributed by atoms with E-state index < -0.39 is 28.5 Å². The van der Waals surface area contributed by atoms with Crippen LogP contribution < -0.4 is 14.4 Å². The van der Waals surface area contributed by atoms with E-state index in [-0.39, 0.29) is 35.4 Å². The van der Waals surface area contributed by atoms with Gasteiger partial charge in [0.2, 0.25) is 11.8 Å². The minimum absolute atomic E-state index is 0.0443. The highest BCUT2D eigenvalue weighted by Gasteiger charge is 2.35. The van der Waals surface area contributed by atoms with Crippen molar-refractivity contribution in [3.05, 3.63) is 125 Å². The van der Waals surface area contributed by atoms with E-state index in [1.54, 1.807) is 36.4 Å². The summed E-state index contributed by atoms with van der Waals surface area (Å²) in [4.78, 5) is 30.2. The maximum Gasteiger partial charge on any atom is 0.264 e. The second-order valence-electron chi connectivity index (χ2n) is 12.1. The molecule has 0 unspecified atom stereocenters. The Hall–Kier alpha value is -4.63. The minimum atomic E-state index is -4.24. The third-order valence-corrected chi connectivity index (χ3v) is 9.52. The van der Waals surface area contributed by atoms with Gasteiger partial charge in [-0.25, -0.2) is 8.42 Å². The third kappa shape index (κ3) is 9.45. The molecule has 4 rings (SSSR count). The van der Waals surface area contributed by atoms with Crippen LogP contribution in [-0.2, 0) is 32.6 Å². The molecule has 9 heteroatoms. The third-order valence-electron chi connectivity index (χ3n) is 7.75. The number of nitrogens with zero attached hydrogens (tertiary/aromatic N) is 2. The topological polar surface area (TPSA) is 96.0 Å². The smallest absolute Gasteiger partial charge is 0.264 e. The van der Waals surface area contributed by atoms with Gasteiger partial charge in [-0.2, -0.15) is 0 Å². The lowest BCUT2D eigenvalue weighted by molar-refractivity contribution is -0.140. The monoisotopic (exact) mass is 655 g/mol. The van der Waals surface area contributed by atoms with Gasteiger partial charge in [0, 0.05) is 19.5 Å². The fraction of sp³-hybridized carbons (Fsp3) is 0.316. The average Bonchev–Trinajstić information content (AvgIpc) is 3.06. The molecule has 1 atom stereocenters. The molecule has 0 spiro atoms. The van der Waals surface area contributed by atoms with Crippen molar-refractivity contribution in [2.24, 2.45) is 5.92 Å². The molecule has 0 aromatic heterocycles. The van der Waals surface area contributed by atoms with Crippen LogP contribution in [0.15, 0.2) is 108 Å². The SMILES string of the molecule is CCOc1ccccc1N(CC(=O)N(Cc1ccc(C)cc1)[C@@H](Cc1ccccc1)C(=O)NCC(C)C)S(=O)(=O)c1ccc(C)cc1. The summed E-state index contributed by atoms with van der Waals surface area (Å²) in [6.07, 6.45) is 0.253. The molecular weight excluding hydrogens is 611 g/mol. The van der Waals surface area contributed by atoms with Gasteiger partial charge in [0.25, 0.3) is 10.0 Å². The molecular formula is C38H45N3O5S. The number of carbonyl (C=O) groups excluding carboxylic acids is 2. The van der Waals surface area contributed by atoms with E-state index in [9.17, 15) is 18.0 Å². The summed E-state index contributed by atoms with van der Waals surface area (Å²) in [6.45, 7) is 9.98. The predicted octanol–water partition coefficient (Wildman–Crippen LogP) is 6.31. The van der Waals surface area contributed by atoms with Gasteiger partial charge in [-0.1, -0.05) is 104 Å². The van der Waals surface area contributed by atoms with Gasteiger partial charge >= 0.3 is 0 Å². The van der Waals surface area contributed by atoms with Crippen LogP contribution in [0.1, 0.15) is 43.0 Å². The Morgan fingerprint density at radius 2 is 1.38 bits per heavy atom. The minimum Gasteiger partial charge on any atom is -0.492 e. The summed E-state index contributed by atoms with van der Waals surface area (Å²) in [5, 5.41) is 3.02. The molecule has 1 N–H and O–H groups in total. The van der Waals surface area contributed by atoms with Gasteiger partial charge < -0.3 is 15.0 Å². The molecule has 47 heavy (non-hydrogen) atoms. The summed E-state index contributed by atoms with van der Waals surface area (Å²) >= 11 is 0. The first kappa shape index (κ1) is 35.2. The van der Waals surface area contributed by atoms with Crippen LogP contribution in [-0.4, -0.2) is 50.9 Å². The van der Waals surface area contributed by atoms with Gasteiger partial charge in [-0.15, -0.1) is 0 Å². The maximum atomic E-state index is 14.7. The summed E-state index contributed by atoms with van der Waals surface area (Å²) in [7, 11) is -4.24. The van der Waals surface area contributed by atoms with Crippen LogP contribution in [0.5, 0.6) is 5.75 Å². The van der Waals surface area contributed by atoms with E-state index in [1.807, 2.05) is 89.2 Å². The number of hydrogen-bond acceptors (Lipinski definition) is 5. The zero-order valence-corrected chi connectivity index (χ0v) is 28.7. The van der Waals surface area contributed by atoms with Crippen molar-refractivity contribution in [2.45, 2.75) is 58.5 Å². The fourth-order valence-electron chi connectivity index (χ4n) is 5.16. The lowest BCUT2D eigenvalue weighted by Gasteiger charge is -2.34. The van der Waals surface area contributed by atoms with Gasteiger partial charge in [-0.05, 0) is 62.1 Å². The number of aryl methyl sites for hydroxylation is 2. The number of para-hydroxylation sites is 2. The Morgan fingerprint density at radius 1 is 0.787 bits per heavy atom. The van der Waals surface area contributed by atoms with E-state index in [0.29, 0.717) is 18.9 Å². The Bertz CT molecular complexity index is 1720. The summed E-state index contributed by atoms with van der Waals surface area (Å²) < 4.78 is 35.6. The molecule has 0 aliphatic rings. The second kappa shape index (κ2) is 16.3. The van der Waals surface area contributed by atoms with Crippen LogP contribution in [0.25, 0.3) is 0 Å². The number of ether oxygens (including phenoxy) is 1. The van der Waals surface area contributed by atoms with Crippen molar-refractivity contribution < 1.29 is 22.7 Å². The molecule has 4 aromatic rings. The van der Waals surface area contributed by atoms with Crippen LogP contribution in [0.4, 0.5) is 5.69 Å². The van der Waals surface area contributed by atoms with Crippen molar-refractivity contribution in [1.82, 2.24) is 10.2 Å². The van der Waals surface area contributed by atoms with E-state index >= 15 is 0 Å². The van der Waals surface area contributed by atoms with E-state index in [1.165, 1.54) is 17.0 Å². The molecule has 0 fully saturated rings. The summed E-state index contributed by atoms with van der Waals surface area (Å²) in [5.74, 6) is -0.291. The standard InChI is InChI=1S/C38H45N3O5S/c1-6-46-36-15-11-10-14-34(36)41(47(44,45)33-22-18-30(5)19-23-33)27-37(42)40(26-32-20-16-29(4)17-21-32)35(38(43)39-25-28(2)3)24-31-12-8-7-9-13-31/h7-23,28,35H,6,24-27H2,1-5H3,(H,39,43)/t35-/m0/s1. The summed E-state index contributed by atoms with van der Waals surface area (Å²) in [5.41, 5.74) is 3.90. The lowest BCUT2D eigenvalue weighted by atomic mass is 10.0. The Kier molecular flexibility index (Phi) is 12.2.